The third-order valence-electron chi connectivity index (χ3n) is 4.71. The first-order chi connectivity index (χ1) is 16.3. The van der Waals surface area contributed by atoms with Gasteiger partial charge >= 0.3 is 0 Å². The maximum absolute atomic E-state index is 13.4. The molecule has 178 valence electrons. The van der Waals surface area contributed by atoms with Gasteiger partial charge in [-0.25, -0.2) is 8.42 Å². The van der Waals surface area contributed by atoms with Gasteiger partial charge in [-0.3, -0.25) is 19.2 Å². The van der Waals surface area contributed by atoms with Crippen LogP contribution in [0.25, 0.3) is 0 Å². The number of nitro benzene ring substituents is 1. The van der Waals surface area contributed by atoms with Gasteiger partial charge < -0.3 is 5.32 Å². The third-order valence-corrected chi connectivity index (χ3v) is 7.82. The Kier molecular flexibility index (Phi) is 8.91. The van der Waals surface area contributed by atoms with Crippen LogP contribution in [0.1, 0.15) is 5.56 Å². The molecule has 0 aromatic heterocycles. The second-order valence-electron chi connectivity index (χ2n) is 7.10. The van der Waals surface area contributed by atoms with E-state index in [9.17, 15) is 23.3 Å². The molecule has 0 saturated carbocycles. The highest BCUT2D eigenvalue weighted by atomic mass is 35.5. The molecule has 0 heterocycles. The smallest absolute Gasteiger partial charge is 0.289 e. The number of anilines is 1. The number of sulfonamides is 1. The van der Waals surface area contributed by atoms with E-state index < -0.39 is 38.0 Å². The summed E-state index contributed by atoms with van der Waals surface area (Å²) in [6.45, 7) is -0.175. The maximum atomic E-state index is 13.4. The number of carbonyl (C=O) groups excluding carboxylic acids is 1. The van der Waals surface area contributed by atoms with Crippen molar-refractivity contribution in [1.82, 2.24) is 5.32 Å². The first-order valence-electron chi connectivity index (χ1n) is 10.2. The highest BCUT2D eigenvalue weighted by Crippen LogP contribution is 2.29. The summed E-state index contributed by atoms with van der Waals surface area (Å²) in [6.07, 6.45) is 0. The number of para-hydroxylation sites is 2. The Bertz CT molecular complexity index is 1240. The van der Waals surface area contributed by atoms with Crippen molar-refractivity contribution in [2.75, 3.05) is 23.1 Å². The first-order valence-corrected chi connectivity index (χ1v) is 13.2. The van der Waals surface area contributed by atoms with Crippen molar-refractivity contribution < 1.29 is 18.1 Å². The van der Waals surface area contributed by atoms with Crippen LogP contribution < -0.4 is 9.62 Å². The molecule has 11 heteroatoms. The molecular weight excluding hydrogens is 498 g/mol. The van der Waals surface area contributed by atoms with Crippen LogP contribution in [0.5, 0.6) is 0 Å². The normalized spacial score (nSPS) is 11.1. The molecule has 1 N–H and O–H groups in total. The molecule has 0 bridgehead atoms. The Balaban J connectivity index is 1.68. The topological polar surface area (TPSA) is 110 Å². The molecule has 3 rings (SSSR count). The van der Waals surface area contributed by atoms with Crippen molar-refractivity contribution in [3.8, 4) is 0 Å². The quantitative estimate of drug-likeness (QED) is 0.227. The number of hydrogen-bond donors (Lipinski definition) is 1. The molecule has 0 spiro atoms. The Morgan fingerprint density at radius 2 is 1.65 bits per heavy atom. The van der Waals surface area contributed by atoms with Crippen LogP contribution in [0.15, 0.2) is 83.8 Å². The van der Waals surface area contributed by atoms with Gasteiger partial charge in [0.1, 0.15) is 6.54 Å². The zero-order valence-electron chi connectivity index (χ0n) is 18.0. The molecule has 8 nitrogen and oxygen atoms in total. The van der Waals surface area contributed by atoms with E-state index in [0.717, 1.165) is 27.8 Å². The molecule has 1 amide bonds. The number of nitrogens with zero attached hydrogens (tertiary/aromatic N) is 2. The summed E-state index contributed by atoms with van der Waals surface area (Å²) < 4.78 is 27.6. The highest BCUT2D eigenvalue weighted by Gasteiger charge is 2.32. The maximum Gasteiger partial charge on any atom is 0.289 e. The van der Waals surface area contributed by atoms with Gasteiger partial charge in [0.25, 0.3) is 15.7 Å². The molecule has 0 fully saturated rings. The summed E-state index contributed by atoms with van der Waals surface area (Å²) in [4.78, 5) is 22.8. The van der Waals surface area contributed by atoms with E-state index in [4.69, 9.17) is 11.6 Å². The Labute approximate surface area is 207 Å². The fraction of sp³-hybridized carbons (Fsp3) is 0.174. The number of nitrogens with one attached hydrogen (secondary N) is 1. The van der Waals surface area contributed by atoms with Crippen molar-refractivity contribution in [3.05, 3.63) is 99.6 Å². The van der Waals surface area contributed by atoms with Gasteiger partial charge in [-0.15, -0.1) is 0 Å². The minimum absolute atomic E-state index is 0.230. The number of hydrogen-bond acceptors (Lipinski definition) is 6. The molecule has 3 aromatic rings. The molecule has 0 radical (unpaired) electrons. The SMILES string of the molecule is O=C(CN(c1ccccc1)S(=O)(=O)c1ccccc1[N+](=O)[O-])NCCSCc1ccc(Cl)cc1. The summed E-state index contributed by atoms with van der Waals surface area (Å²) in [7, 11) is -4.38. The van der Waals surface area contributed by atoms with E-state index in [2.05, 4.69) is 5.32 Å². The molecule has 0 aliphatic heterocycles. The minimum atomic E-state index is -4.38. The first kappa shape index (κ1) is 25.5. The number of thioether (sulfide) groups is 1. The lowest BCUT2D eigenvalue weighted by Gasteiger charge is -2.24. The lowest BCUT2D eigenvalue weighted by Crippen LogP contribution is -2.41. The van der Waals surface area contributed by atoms with E-state index in [1.165, 1.54) is 24.3 Å². The summed E-state index contributed by atoms with van der Waals surface area (Å²) in [5.41, 5.74) is 0.780. The summed E-state index contributed by atoms with van der Waals surface area (Å²) >= 11 is 7.49. The van der Waals surface area contributed by atoms with Crippen LogP contribution in [-0.4, -0.2) is 38.1 Å². The zero-order chi connectivity index (χ0) is 24.6. The van der Waals surface area contributed by atoms with E-state index >= 15 is 0 Å². The minimum Gasteiger partial charge on any atom is -0.354 e. The fourth-order valence-corrected chi connectivity index (χ4v) is 5.60. The van der Waals surface area contributed by atoms with Gasteiger partial charge in [0.05, 0.1) is 10.6 Å². The Hall–Kier alpha value is -3.08. The third kappa shape index (κ3) is 6.72. The number of amides is 1. The van der Waals surface area contributed by atoms with Gasteiger partial charge in [0.2, 0.25) is 5.91 Å². The lowest BCUT2D eigenvalue weighted by molar-refractivity contribution is -0.387. The fourth-order valence-electron chi connectivity index (χ4n) is 3.07. The molecule has 0 unspecified atom stereocenters. The number of nitro groups is 1. The van der Waals surface area contributed by atoms with E-state index in [1.807, 2.05) is 24.3 Å². The number of halogens is 1. The van der Waals surface area contributed by atoms with Gasteiger partial charge in [-0.1, -0.05) is 54.1 Å². The second-order valence-corrected chi connectivity index (χ2v) is 10.5. The van der Waals surface area contributed by atoms with Crippen molar-refractivity contribution >= 4 is 50.7 Å². The number of carbonyl (C=O) groups is 1. The molecule has 3 aromatic carbocycles. The van der Waals surface area contributed by atoms with Gasteiger partial charge in [0.15, 0.2) is 4.90 Å². The monoisotopic (exact) mass is 519 g/mol. The van der Waals surface area contributed by atoms with Gasteiger partial charge in [-0.05, 0) is 35.9 Å². The zero-order valence-corrected chi connectivity index (χ0v) is 20.4. The average Bonchev–Trinajstić information content (AvgIpc) is 2.84. The predicted molar refractivity (Wildman–Crippen MR) is 135 cm³/mol. The lowest BCUT2D eigenvalue weighted by atomic mass is 10.2. The average molecular weight is 520 g/mol. The van der Waals surface area contributed by atoms with Crippen LogP contribution in [0.2, 0.25) is 5.02 Å². The van der Waals surface area contributed by atoms with Crippen LogP contribution in [-0.2, 0) is 20.6 Å². The van der Waals surface area contributed by atoms with Gasteiger partial charge in [0, 0.05) is 29.1 Å². The van der Waals surface area contributed by atoms with E-state index in [1.54, 1.807) is 30.0 Å². The van der Waals surface area contributed by atoms with E-state index in [-0.39, 0.29) is 5.69 Å². The van der Waals surface area contributed by atoms with Crippen LogP contribution in [0, 0.1) is 10.1 Å². The van der Waals surface area contributed by atoms with E-state index in [0.29, 0.717) is 17.3 Å². The van der Waals surface area contributed by atoms with Crippen molar-refractivity contribution in [2.45, 2.75) is 10.6 Å². The standard InChI is InChI=1S/C23H22ClN3O5S2/c24-19-12-10-18(11-13-19)17-33-15-14-25-23(28)16-26(20-6-2-1-3-7-20)34(31,32)22-9-5-4-8-21(22)27(29)30/h1-13H,14-17H2,(H,25,28). The number of rotatable bonds is 11. The highest BCUT2D eigenvalue weighted by molar-refractivity contribution is 7.98. The molecule has 0 saturated heterocycles. The van der Waals surface area contributed by atoms with Crippen molar-refractivity contribution in [1.29, 1.82) is 0 Å². The Morgan fingerprint density at radius 1 is 1.00 bits per heavy atom. The molecule has 34 heavy (non-hydrogen) atoms. The van der Waals surface area contributed by atoms with Crippen LogP contribution in [0.3, 0.4) is 0 Å². The molecule has 0 aliphatic rings. The second kappa shape index (κ2) is 11.9. The van der Waals surface area contributed by atoms with Crippen molar-refractivity contribution in [3.63, 3.8) is 0 Å². The van der Waals surface area contributed by atoms with Crippen LogP contribution >= 0.6 is 23.4 Å². The van der Waals surface area contributed by atoms with Crippen molar-refractivity contribution in [2.24, 2.45) is 0 Å². The number of benzene rings is 3. The van der Waals surface area contributed by atoms with Gasteiger partial charge in [-0.2, -0.15) is 11.8 Å². The largest absolute Gasteiger partial charge is 0.354 e. The molecule has 0 aliphatic carbocycles. The summed E-state index contributed by atoms with van der Waals surface area (Å²) in [6, 6.07) is 20.6. The molecular formula is C23H22ClN3O5S2. The van der Waals surface area contributed by atoms with Crippen LogP contribution in [0.4, 0.5) is 11.4 Å². The summed E-state index contributed by atoms with van der Waals surface area (Å²) in [5, 5.41) is 14.8. The Morgan fingerprint density at radius 3 is 2.32 bits per heavy atom. The molecule has 0 atom stereocenters. The predicted octanol–water partition coefficient (Wildman–Crippen LogP) is 4.49. The summed E-state index contributed by atoms with van der Waals surface area (Å²) in [5.74, 6) is 0.851.